The van der Waals surface area contributed by atoms with Gasteiger partial charge in [-0.25, -0.2) is 0 Å². The molecule has 4 nitrogen and oxygen atoms in total. The molecule has 0 aromatic rings. The summed E-state index contributed by atoms with van der Waals surface area (Å²) in [6.07, 6.45) is 3.61. The molecular formula is C5H6N2O2. The number of fused-ring (bicyclic) bond motifs is 1. The summed E-state index contributed by atoms with van der Waals surface area (Å²) in [5.41, 5.74) is 3.18. The molecule has 0 bridgehead atoms. The van der Waals surface area contributed by atoms with E-state index in [0.717, 1.165) is 18.5 Å². The maximum atomic E-state index is 10.7. The first-order valence-corrected chi connectivity index (χ1v) is 2.83. The summed E-state index contributed by atoms with van der Waals surface area (Å²) in [5, 5.41) is 10.7. The Hall–Kier alpha value is -1.19. The monoisotopic (exact) mass is 126 g/mol. The van der Waals surface area contributed by atoms with Crippen LogP contribution >= 0.6 is 0 Å². The van der Waals surface area contributed by atoms with Crippen molar-refractivity contribution in [3.05, 3.63) is 11.6 Å². The highest BCUT2D eigenvalue weighted by molar-refractivity contribution is 5.54. The van der Waals surface area contributed by atoms with Gasteiger partial charge >= 0.3 is 0 Å². The normalized spacial score (nSPS) is 22.9. The highest BCUT2D eigenvalue weighted by atomic mass is 16.8. The van der Waals surface area contributed by atoms with Crippen molar-refractivity contribution in [2.75, 3.05) is 0 Å². The van der Waals surface area contributed by atoms with Crippen LogP contribution in [0.2, 0.25) is 0 Å². The molecule has 0 spiro atoms. The first-order valence-electron chi connectivity index (χ1n) is 2.83. The molecule has 0 saturated heterocycles. The van der Waals surface area contributed by atoms with E-state index in [9.17, 15) is 5.11 Å². The molecule has 2 aliphatic rings. The van der Waals surface area contributed by atoms with Crippen LogP contribution in [0.1, 0.15) is 12.8 Å². The first-order chi connectivity index (χ1) is 4.38. The van der Waals surface area contributed by atoms with Gasteiger partial charge < -0.3 is 9.94 Å². The number of hydrogen-bond donors (Lipinski definition) is 1. The number of allylic oxidation sites excluding steroid dienone is 1. The fourth-order valence-electron chi connectivity index (χ4n) is 1.00. The van der Waals surface area contributed by atoms with E-state index in [1.807, 2.05) is 6.21 Å². The Balaban J connectivity index is 2.42. The van der Waals surface area contributed by atoms with Gasteiger partial charge in [-0.05, 0) is 0 Å². The van der Waals surface area contributed by atoms with Crippen molar-refractivity contribution in [1.82, 2.24) is 5.59 Å². The fourth-order valence-corrected chi connectivity index (χ4v) is 1.00. The molecule has 0 aliphatic carbocycles. The molecule has 2 aliphatic heterocycles. The van der Waals surface area contributed by atoms with E-state index < -0.39 is 0 Å². The third kappa shape index (κ3) is 0.497. The van der Waals surface area contributed by atoms with Crippen molar-refractivity contribution in [2.45, 2.75) is 12.8 Å². The molecule has 4 heteroatoms. The van der Waals surface area contributed by atoms with Gasteiger partial charge in [0.15, 0.2) is 6.21 Å². The summed E-state index contributed by atoms with van der Waals surface area (Å²) < 4.78 is 1.63. The molecule has 0 saturated carbocycles. The van der Waals surface area contributed by atoms with E-state index in [2.05, 4.69) is 10.4 Å². The Labute approximate surface area is 52.0 Å². The summed E-state index contributed by atoms with van der Waals surface area (Å²) in [6, 6.07) is 0. The van der Waals surface area contributed by atoms with E-state index in [4.69, 9.17) is 0 Å². The molecule has 0 amide bonds. The lowest BCUT2D eigenvalue weighted by Gasteiger charge is -1.98. The Bertz CT molecular complexity index is 204. The average molecular weight is 126 g/mol. The van der Waals surface area contributed by atoms with E-state index in [0.29, 0.717) is 0 Å². The van der Waals surface area contributed by atoms with Crippen molar-refractivity contribution in [2.24, 2.45) is 0 Å². The van der Waals surface area contributed by atoms with Crippen LogP contribution in [0, 0.1) is 0 Å². The highest BCUT2D eigenvalue weighted by Crippen LogP contribution is 2.17. The van der Waals surface area contributed by atoms with Crippen LogP contribution in [0.5, 0.6) is 0 Å². The zero-order valence-electron chi connectivity index (χ0n) is 4.76. The Kier molecular flexibility index (Phi) is 0.726. The topological polar surface area (TPSA) is 47.3 Å². The van der Waals surface area contributed by atoms with Gasteiger partial charge in [0.25, 0.3) is 0 Å². The molecule has 0 radical (unpaired) electrons. The van der Waals surface area contributed by atoms with Gasteiger partial charge in [-0.3, -0.25) is 0 Å². The second kappa shape index (κ2) is 1.40. The number of rotatable bonds is 0. The maximum Gasteiger partial charge on any atom is 0.236 e. The maximum absolute atomic E-state index is 10.7. The third-order valence-electron chi connectivity index (χ3n) is 1.46. The highest BCUT2D eigenvalue weighted by Gasteiger charge is 2.26. The van der Waals surface area contributed by atoms with Gasteiger partial charge in [-0.15, -0.1) is 5.59 Å². The van der Waals surface area contributed by atoms with Gasteiger partial charge in [-0.1, -0.05) is 4.68 Å². The standard InChI is InChI=1S/C5H6N2O2/c8-5-4-2-1-3-7(4)6-9-5/h3,6H,1-2H2. The summed E-state index contributed by atoms with van der Waals surface area (Å²) in [6.45, 7) is 0. The third-order valence-corrected chi connectivity index (χ3v) is 1.46. The minimum atomic E-state index is -0.247. The SMILES string of the molecule is [O-]C1=C2CCC=[N+]2NO1. The lowest BCUT2D eigenvalue weighted by atomic mass is 10.3. The second-order valence-corrected chi connectivity index (χ2v) is 2.02. The van der Waals surface area contributed by atoms with Crippen molar-refractivity contribution in [3.63, 3.8) is 0 Å². The smallest absolute Gasteiger partial charge is 0.236 e. The van der Waals surface area contributed by atoms with Gasteiger partial charge in [0.05, 0.1) is 0 Å². The molecule has 2 rings (SSSR count). The first kappa shape index (κ1) is 4.67. The van der Waals surface area contributed by atoms with Crippen LogP contribution in [0.4, 0.5) is 0 Å². The lowest BCUT2D eigenvalue weighted by molar-refractivity contribution is -0.569. The molecule has 0 aromatic carbocycles. The zero-order valence-corrected chi connectivity index (χ0v) is 4.76. The van der Waals surface area contributed by atoms with Crippen LogP contribution in [0.25, 0.3) is 0 Å². The molecule has 0 unspecified atom stereocenters. The van der Waals surface area contributed by atoms with Crippen LogP contribution < -0.4 is 10.7 Å². The molecule has 1 N–H and O–H groups in total. The minimum Gasteiger partial charge on any atom is -0.539 e. The summed E-state index contributed by atoms with van der Waals surface area (Å²) in [7, 11) is 0. The van der Waals surface area contributed by atoms with Crippen LogP contribution in [0.15, 0.2) is 11.6 Å². The van der Waals surface area contributed by atoms with Gasteiger partial charge in [-0.2, -0.15) is 0 Å². The Morgan fingerprint density at radius 1 is 1.78 bits per heavy atom. The molecule has 9 heavy (non-hydrogen) atoms. The van der Waals surface area contributed by atoms with E-state index >= 15 is 0 Å². The quantitative estimate of drug-likeness (QED) is 0.416. The van der Waals surface area contributed by atoms with E-state index in [-0.39, 0.29) is 5.95 Å². The lowest BCUT2D eigenvalue weighted by Crippen LogP contribution is -2.18. The molecule has 0 fully saturated rings. The number of hydrazine groups is 1. The van der Waals surface area contributed by atoms with Gasteiger partial charge in [0.2, 0.25) is 5.70 Å². The van der Waals surface area contributed by atoms with Crippen molar-refractivity contribution < 1.29 is 14.6 Å². The number of nitrogens with zero attached hydrogens (tertiary/aromatic N) is 1. The molecule has 0 atom stereocenters. The minimum absolute atomic E-state index is 0.247. The summed E-state index contributed by atoms with van der Waals surface area (Å²) >= 11 is 0. The van der Waals surface area contributed by atoms with Crippen molar-refractivity contribution in [3.8, 4) is 0 Å². The number of nitrogens with one attached hydrogen (secondary N) is 1. The zero-order chi connectivity index (χ0) is 6.27. The van der Waals surface area contributed by atoms with Crippen LogP contribution in [0.3, 0.4) is 0 Å². The van der Waals surface area contributed by atoms with Gasteiger partial charge in [0.1, 0.15) is 5.95 Å². The molecule has 2 heterocycles. The molecule has 0 aromatic heterocycles. The van der Waals surface area contributed by atoms with Crippen molar-refractivity contribution in [1.29, 1.82) is 0 Å². The van der Waals surface area contributed by atoms with Crippen LogP contribution in [-0.2, 0) is 4.84 Å². The Morgan fingerprint density at radius 3 is 3.44 bits per heavy atom. The summed E-state index contributed by atoms with van der Waals surface area (Å²) in [4.78, 5) is 4.49. The van der Waals surface area contributed by atoms with E-state index in [1.165, 1.54) is 0 Å². The largest absolute Gasteiger partial charge is 0.539 e. The summed E-state index contributed by atoms with van der Waals surface area (Å²) in [5.74, 6) is -0.247. The molecular weight excluding hydrogens is 120 g/mol. The molecule has 48 valence electrons. The van der Waals surface area contributed by atoms with Crippen LogP contribution in [-0.4, -0.2) is 10.9 Å². The van der Waals surface area contributed by atoms with E-state index in [1.54, 1.807) is 4.68 Å². The van der Waals surface area contributed by atoms with Gasteiger partial charge in [0, 0.05) is 12.8 Å². The van der Waals surface area contributed by atoms with Crippen molar-refractivity contribution >= 4 is 6.21 Å². The Morgan fingerprint density at radius 2 is 2.67 bits per heavy atom. The predicted molar refractivity (Wildman–Crippen MR) is 26.8 cm³/mol. The predicted octanol–water partition coefficient (Wildman–Crippen LogP) is -1.16. The number of hydrazone groups is 1. The average Bonchev–Trinajstić information content (AvgIpc) is 2.35. The second-order valence-electron chi connectivity index (χ2n) is 2.02. The fraction of sp³-hybridized carbons (Fsp3) is 0.400. The number of hydrogen-bond acceptors (Lipinski definition) is 3.